The van der Waals surface area contributed by atoms with E-state index in [1.165, 1.54) is 11.9 Å². The highest BCUT2D eigenvalue weighted by molar-refractivity contribution is 5.92. The Bertz CT molecular complexity index is 883. The Balaban J connectivity index is 1.51. The van der Waals surface area contributed by atoms with Gasteiger partial charge in [-0.05, 0) is 49.6 Å². The summed E-state index contributed by atoms with van der Waals surface area (Å²) in [6.45, 7) is 3.17. The molecule has 0 radical (unpaired) electrons. The van der Waals surface area contributed by atoms with Crippen LogP contribution in [0.15, 0.2) is 67.0 Å². The van der Waals surface area contributed by atoms with Crippen molar-refractivity contribution in [1.29, 1.82) is 0 Å². The van der Waals surface area contributed by atoms with Crippen molar-refractivity contribution in [3.8, 4) is 5.75 Å². The molecule has 28 heavy (non-hydrogen) atoms. The van der Waals surface area contributed by atoms with E-state index in [2.05, 4.69) is 32.7 Å². The first-order valence-electron chi connectivity index (χ1n) is 9.38. The second kappa shape index (κ2) is 10.1. The van der Waals surface area contributed by atoms with E-state index < -0.39 is 0 Å². The molecule has 0 saturated carbocycles. The van der Waals surface area contributed by atoms with Crippen molar-refractivity contribution >= 4 is 17.4 Å². The molecule has 0 saturated heterocycles. The zero-order chi connectivity index (χ0) is 19.6. The van der Waals surface area contributed by atoms with Gasteiger partial charge in [0.25, 0.3) is 5.91 Å². The summed E-state index contributed by atoms with van der Waals surface area (Å²) < 4.78 is 5.43. The summed E-state index contributed by atoms with van der Waals surface area (Å²) in [5.74, 6) is 1.17. The molecular weight excluding hydrogens is 352 g/mol. The lowest BCUT2D eigenvalue weighted by Gasteiger charge is -2.09. The number of ether oxygens (including phenoxy) is 1. The first kappa shape index (κ1) is 19.4. The Labute approximate surface area is 165 Å². The first-order valence-corrected chi connectivity index (χ1v) is 9.38. The van der Waals surface area contributed by atoms with Gasteiger partial charge >= 0.3 is 0 Å². The number of aryl methyl sites for hydroxylation is 1. The molecule has 6 nitrogen and oxygen atoms in total. The molecule has 1 heterocycles. The average molecular weight is 376 g/mol. The minimum atomic E-state index is -0.204. The molecule has 144 valence electrons. The van der Waals surface area contributed by atoms with Gasteiger partial charge in [0.1, 0.15) is 23.6 Å². The van der Waals surface area contributed by atoms with E-state index in [0.717, 1.165) is 24.3 Å². The van der Waals surface area contributed by atoms with Crippen LogP contribution in [0.5, 0.6) is 5.75 Å². The minimum Gasteiger partial charge on any atom is -0.494 e. The van der Waals surface area contributed by atoms with Crippen LogP contribution in [0, 0.1) is 0 Å². The number of nitrogens with one attached hydrogen (secondary N) is 2. The standard InChI is InChI=1S/C22H24N4O2/c1-2-28-19-12-10-18(11-13-19)26-21-15-20(24-16-25-21)22(27)23-14-6-9-17-7-4-3-5-8-17/h3-5,7-8,10-13,15-16H,2,6,9,14H2,1H3,(H,23,27)(H,24,25,26). The number of anilines is 2. The fraction of sp³-hybridized carbons (Fsp3) is 0.227. The molecule has 2 aromatic carbocycles. The number of hydrogen-bond acceptors (Lipinski definition) is 5. The van der Waals surface area contributed by atoms with Gasteiger partial charge in [-0.15, -0.1) is 0 Å². The van der Waals surface area contributed by atoms with Crippen LogP contribution in [0.2, 0.25) is 0 Å². The fourth-order valence-electron chi connectivity index (χ4n) is 2.73. The summed E-state index contributed by atoms with van der Waals surface area (Å²) in [4.78, 5) is 20.6. The molecule has 0 spiro atoms. The van der Waals surface area contributed by atoms with Crippen molar-refractivity contribution in [1.82, 2.24) is 15.3 Å². The van der Waals surface area contributed by atoms with E-state index in [0.29, 0.717) is 24.7 Å². The molecule has 6 heteroatoms. The van der Waals surface area contributed by atoms with Crippen LogP contribution in [0.4, 0.5) is 11.5 Å². The topological polar surface area (TPSA) is 76.1 Å². The number of benzene rings is 2. The lowest BCUT2D eigenvalue weighted by Crippen LogP contribution is -2.25. The summed E-state index contributed by atoms with van der Waals surface area (Å²) in [6.07, 6.45) is 3.18. The number of hydrogen-bond donors (Lipinski definition) is 2. The predicted molar refractivity (Wildman–Crippen MR) is 110 cm³/mol. The van der Waals surface area contributed by atoms with Crippen molar-refractivity contribution in [2.24, 2.45) is 0 Å². The maximum absolute atomic E-state index is 12.3. The van der Waals surface area contributed by atoms with Crippen molar-refractivity contribution in [2.75, 3.05) is 18.5 Å². The van der Waals surface area contributed by atoms with Crippen LogP contribution < -0.4 is 15.4 Å². The van der Waals surface area contributed by atoms with E-state index in [-0.39, 0.29) is 5.91 Å². The highest BCUT2D eigenvalue weighted by atomic mass is 16.5. The molecule has 1 aromatic heterocycles. The van der Waals surface area contributed by atoms with Gasteiger partial charge in [-0.2, -0.15) is 0 Å². The zero-order valence-electron chi connectivity index (χ0n) is 15.9. The maximum Gasteiger partial charge on any atom is 0.270 e. The first-order chi connectivity index (χ1) is 13.7. The van der Waals surface area contributed by atoms with Crippen LogP contribution in [0.25, 0.3) is 0 Å². The van der Waals surface area contributed by atoms with Gasteiger partial charge in [0.05, 0.1) is 6.61 Å². The van der Waals surface area contributed by atoms with E-state index in [9.17, 15) is 4.79 Å². The quantitative estimate of drug-likeness (QED) is 0.553. The average Bonchev–Trinajstić information content (AvgIpc) is 2.74. The second-order valence-electron chi connectivity index (χ2n) is 6.22. The molecule has 0 aliphatic heterocycles. The van der Waals surface area contributed by atoms with E-state index >= 15 is 0 Å². The van der Waals surface area contributed by atoms with Gasteiger partial charge in [-0.3, -0.25) is 4.79 Å². The highest BCUT2D eigenvalue weighted by Crippen LogP contribution is 2.19. The molecule has 0 bridgehead atoms. The molecule has 3 aromatic rings. The molecule has 2 N–H and O–H groups in total. The second-order valence-corrected chi connectivity index (χ2v) is 6.22. The van der Waals surface area contributed by atoms with Crippen LogP contribution >= 0.6 is 0 Å². The number of amides is 1. The van der Waals surface area contributed by atoms with Crippen LogP contribution in [0.1, 0.15) is 29.4 Å². The van der Waals surface area contributed by atoms with Crippen molar-refractivity contribution in [3.05, 3.63) is 78.2 Å². The summed E-state index contributed by atoms with van der Waals surface area (Å²) in [7, 11) is 0. The summed E-state index contributed by atoms with van der Waals surface area (Å²) in [5, 5.41) is 6.08. The number of aromatic nitrogens is 2. The largest absolute Gasteiger partial charge is 0.494 e. The third kappa shape index (κ3) is 5.81. The molecular formula is C22H24N4O2. The number of carbonyl (C=O) groups is 1. The van der Waals surface area contributed by atoms with E-state index in [4.69, 9.17) is 4.74 Å². The van der Waals surface area contributed by atoms with Crippen molar-refractivity contribution in [2.45, 2.75) is 19.8 Å². The van der Waals surface area contributed by atoms with E-state index in [1.807, 2.05) is 49.4 Å². The van der Waals surface area contributed by atoms with Crippen LogP contribution in [0.3, 0.4) is 0 Å². The number of nitrogens with zero attached hydrogens (tertiary/aromatic N) is 2. The van der Waals surface area contributed by atoms with Crippen LogP contribution in [-0.4, -0.2) is 29.0 Å². The van der Waals surface area contributed by atoms with Crippen molar-refractivity contribution < 1.29 is 9.53 Å². The fourth-order valence-corrected chi connectivity index (χ4v) is 2.73. The predicted octanol–water partition coefficient (Wildman–Crippen LogP) is 3.98. The lowest BCUT2D eigenvalue weighted by molar-refractivity contribution is 0.0948. The Morgan fingerprint density at radius 1 is 1.04 bits per heavy atom. The molecule has 3 rings (SSSR count). The minimum absolute atomic E-state index is 0.204. The third-order valence-electron chi connectivity index (χ3n) is 4.11. The number of rotatable bonds is 9. The van der Waals surface area contributed by atoms with Gasteiger partial charge in [0.2, 0.25) is 0 Å². The van der Waals surface area contributed by atoms with Gasteiger partial charge in [0, 0.05) is 18.3 Å². The summed E-state index contributed by atoms with van der Waals surface area (Å²) >= 11 is 0. The smallest absolute Gasteiger partial charge is 0.270 e. The molecule has 0 atom stereocenters. The lowest BCUT2D eigenvalue weighted by atomic mass is 10.1. The SMILES string of the molecule is CCOc1ccc(Nc2cc(C(=O)NCCCc3ccccc3)ncn2)cc1. The Morgan fingerprint density at radius 3 is 2.57 bits per heavy atom. The Morgan fingerprint density at radius 2 is 1.82 bits per heavy atom. The molecule has 1 amide bonds. The van der Waals surface area contributed by atoms with Gasteiger partial charge < -0.3 is 15.4 Å². The summed E-state index contributed by atoms with van der Waals surface area (Å²) in [6, 6.07) is 19.4. The van der Waals surface area contributed by atoms with Crippen molar-refractivity contribution in [3.63, 3.8) is 0 Å². The summed E-state index contributed by atoms with van der Waals surface area (Å²) in [5.41, 5.74) is 2.46. The Hall–Kier alpha value is -3.41. The monoisotopic (exact) mass is 376 g/mol. The van der Waals surface area contributed by atoms with Crippen LogP contribution in [-0.2, 0) is 6.42 Å². The van der Waals surface area contributed by atoms with E-state index in [1.54, 1.807) is 6.07 Å². The highest BCUT2D eigenvalue weighted by Gasteiger charge is 2.08. The van der Waals surface area contributed by atoms with Gasteiger partial charge in [-0.25, -0.2) is 9.97 Å². The van der Waals surface area contributed by atoms with Gasteiger partial charge in [-0.1, -0.05) is 30.3 Å². The normalized spacial score (nSPS) is 10.3. The molecule has 0 aliphatic carbocycles. The molecule has 0 unspecified atom stereocenters. The molecule has 0 fully saturated rings. The molecule has 0 aliphatic rings. The van der Waals surface area contributed by atoms with Gasteiger partial charge in [0.15, 0.2) is 0 Å². The third-order valence-corrected chi connectivity index (χ3v) is 4.11. The zero-order valence-corrected chi connectivity index (χ0v) is 15.9. The maximum atomic E-state index is 12.3. The number of carbonyl (C=O) groups excluding carboxylic acids is 1. The Kier molecular flexibility index (Phi) is 6.95.